The quantitative estimate of drug-likeness (QED) is 0.748. The van der Waals surface area contributed by atoms with E-state index < -0.39 is 0 Å². The van der Waals surface area contributed by atoms with Crippen LogP contribution in [0.15, 0.2) is 17.5 Å². The monoisotopic (exact) mass is 198 g/mol. The molecule has 1 heterocycles. The molecular formula is C9H14N2OS. The summed E-state index contributed by atoms with van der Waals surface area (Å²) in [7, 11) is 0. The van der Waals surface area contributed by atoms with Gasteiger partial charge in [0, 0.05) is 4.88 Å². The molecule has 0 saturated carbocycles. The van der Waals surface area contributed by atoms with E-state index in [0.717, 1.165) is 17.8 Å². The minimum atomic E-state index is -0.319. The first-order valence-electron chi connectivity index (χ1n) is 4.31. The summed E-state index contributed by atoms with van der Waals surface area (Å²) in [6, 6.07) is 3.52. The molecule has 72 valence electrons. The smallest absolute Gasteiger partial charge is 0.239 e. The van der Waals surface area contributed by atoms with Crippen molar-refractivity contribution in [2.75, 3.05) is 6.54 Å². The van der Waals surface area contributed by atoms with Gasteiger partial charge in [0.15, 0.2) is 0 Å². The maximum absolute atomic E-state index is 11.1. The maximum Gasteiger partial charge on any atom is 0.239 e. The van der Waals surface area contributed by atoms with Gasteiger partial charge in [-0.05, 0) is 24.4 Å². The first kappa shape index (κ1) is 10.2. The lowest BCUT2D eigenvalue weighted by Crippen LogP contribution is -2.33. The van der Waals surface area contributed by atoms with E-state index in [1.807, 2.05) is 17.5 Å². The number of hydrogen-bond acceptors (Lipinski definition) is 3. The second-order valence-corrected chi connectivity index (χ2v) is 3.78. The first-order valence-corrected chi connectivity index (χ1v) is 5.19. The molecule has 0 bridgehead atoms. The van der Waals surface area contributed by atoms with E-state index in [-0.39, 0.29) is 11.9 Å². The van der Waals surface area contributed by atoms with Crippen LogP contribution in [0, 0.1) is 0 Å². The molecule has 0 aliphatic carbocycles. The minimum absolute atomic E-state index is 0.309. The van der Waals surface area contributed by atoms with Gasteiger partial charge in [-0.2, -0.15) is 0 Å². The Hall–Kier alpha value is -0.870. The second kappa shape index (κ2) is 4.99. The summed E-state index contributed by atoms with van der Waals surface area (Å²) in [4.78, 5) is 12.1. The van der Waals surface area contributed by atoms with Gasteiger partial charge in [-0.1, -0.05) is 13.0 Å². The summed E-state index contributed by atoms with van der Waals surface area (Å²) in [6.45, 7) is 2.87. The summed E-state index contributed by atoms with van der Waals surface area (Å²) in [5.74, 6) is -0.309. The molecule has 1 aromatic rings. The number of nitrogens with one attached hydrogen (secondary N) is 1. The van der Waals surface area contributed by atoms with Crippen LogP contribution in [0.1, 0.15) is 24.3 Å². The van der Waals surface area contributed by atoms with Crippen LogP contribution in [-0.2, 0) is 4.79 Å². The topological polar surface area (TPSA) is 55.1 Å². The fraction of sp³-hybridized carbons (Fsp3) is 0.444. The second-order valence-electron chi connectivity index (χ2n) is 2.80. The van der Waals surface area contributed by atoms with Gasteiger partial charge >= 0.3 is 0 Å². The number of thiophene rings is 1. The molecule has 0 saturated heterocycles. The molecule has 4 heteroatoms. The van der Waals surface area contributed by atoms with Crippen LogP contribution < -0.4 is 11.1 Å². The van der Waals surface area contributed by atoms with Gasteiger partial charge in [0.05, 0.1) is 0 Å². The summed E-state index contributed by atoms with van der Waals surface area (Å²) in [5.41, 5.74) is 5.27. The molecule has 3 N–H and O–H groups in total. The Morgan fingerprint density at radius 3 is 3.00 bits per heavy atom. The molecule has 1 unspecified atom stereocenters. The average molecular weight is 198 g/mol. The number of rotatable bonds is 5. The van der Waals surface area contributed by atoms with E-state index in [2.05, 4.69) is 12.2 Å². The number of carbonyl (C=O) groups is 1. The molecule has 1 aromatic heterocycles. The van der Waals surface area contributed by atoms with Crippen molar-refractivity contribution in [1.29, 1.82) is 0 Å². The highest BCUT2D eigenvalue weighted by Crippen LogP contribution is 2.18. The lowest BCUT2D eigenvalue weighted by molar-refractivity contribution is -0.120. The molecule has 0 aliphatic heterocycles. The van der Waals surface area contributed by atoms with Crippen molar-refractivity contribution in [3.63, 3.8) is 0 Å². The van der Waals surface area contributed by atoms with Gasteiger partial charge in [0.1, 0.15) is 6.04 Å². The third-order valence-corrected chi connectivity index (χ3v) is 2.65. The van der Waals surface area contributed by atoms with Crippen LogP contribution >= 0.6 is 11.3 Å². The van der Waals surface area contributed by atoms with Gasteiger partial charge in [0.2, 0.25) is 5.91 Å². The summed E-state index contributed by atoms with van der Waals surface area (Å²) >= 11 is 1.55. The highest BCUT2D eigenvalue weighted by molar-refractivity contribution is 7.10. The lowest BCUT2D eigenvalue weighted by atomic mass is 10.2. The SMILES string of the molecule is CCCNC(C(N)=O)c1cccs1. The normalized spacial score (nSPS) is 12.7. The van der Waals surface area contributed by atoms with Crippen molar-refractivity contribution in [3.8, 4) is 0 Å². The van der Waals surface area contributed by atoms with Crippen molar-refractivity contribution < 1.29 is 4.79 Å². The van der Waals surface area contributed by atoms with E-state index in [1.165, 1.54) is 0 Å². The van der Waals surface area contributed by atoms with Crippen molar-refractivity contribution in [2.45, 2.75) is 19.4 Å². The Kier molecular flexibility index (Phi) is 3.92. The number of hydrogen-bond donors (Lipinski definition) is 2. The predicted molar refractivity (Wildman–Crippen MR) is 54.5 cm³/mol. The van der Waals surface area contributed by atoms with Crippen molar-refractivity contribution >= 4 is 17.2 Å². The number of primary amides is 1. The van der Waals surface area contributed by atoms with Crippen LogP contribution in [0.5, 0.6) is 0 Å². The largest absolute Gasteiger partial charge is 0.368 e. The van der Waals surface area contributed by atoms with E-state index in [0.29, 0.717) is 0 Å². The average Bonchev–Trinajstić information content (AvgIpc) is 2.57. The summed E-state index contributed by atoms with van der Waals surface area (Å²) < 4.78 is 0. The predicted octanol–water partition coefficient (Wildman–Crippen LogP) is 1.27. The van der Waals surface area contributed by atoms with Crippen LogP contribution in [0.25, 0.3) is 0 Å². The summed E-state index contributed by atoms with van der Waals surface area (Å²) in [5, 5.41) is 5.05. The molecule has 0 radical (unpaired) electrons. The van der Waals surface area contributed by atoms with E-state index >= 15 is 0 Å². The van der Waals surface area contributed by atoms with Crippen LogP contribution in [0.4, 0.5) is 0 Å². The van der Waals surface area contributed by atoms with Crippen molar-refractivity contribution in [3.05, 3.63) is 22.4 Å². The molecule has 3 nitrogen and oxygen atoms in total. The molecule has 0 fully saturated rings. The van der Waals surface area contributed by atoms with Crippen molar-refractivity contribution in [2.24, 2.45) is 5.73 Å². The number of amides is 1. The standard InChI is InChI=1S/C9H14N2OS/c1-2-5-11-8(9(10)12)7-4-3-6-13-7/h3-4,6,8,11H,2,5H2,1H3,(H2,10,12). The van der Waals surface area contributed by atoms with Crippen LogP contribution in [0.2, 0.25) is 0 Å². The van der Waals surface area contributed by atoms with Gasteiger partial charge in [0.25, 0.3) is 0 Å². The van der Waals surface area contributed by atoms with Gasteiger partial charge in [-0.15, -0.1) is 11.3 Å². The van der Waals surface area contributed by atoms with Crippen molar-refractivity contribution in [1.82, 2.24) is 5.32 Å². The molecule has 0 aromatic carbocycles. The number of carbonyl (C=O) groups excluding carboxylic acids is 1. The minimum Gasteiger partial charge on any atom is -0.368 e. The third kappa shape index (κ3) is 2.82. The van der Waals surface area contributed by atoms with Crippen LogP contribution in [0.3, 0.4) is 0 Å². The highest BCUT2D eigenvalue weighted by Gasteiger charge is 2.16. The van der Waals surface area contributed by atoms with Gasteiger partial charge in [-0.3, -0.25) is 4.79 Å². The molecule has 13 heavy (non-hydrogen) atoms. The highest BCUT2D eigenvalue weighted by atomic mass is 32.1. The molecule has 1 atom stereocenters. The van der Waals surface area contributed by atoms with Crippen LogP contribution in [-0.4, -0.2) is 12.5 Å². The van der Waals surface area contributed by atoms with Gasteiger partial charge < -0.3 is 11.1 Å². The fourth-order valence-corrected chi connectivity index (χ4v) is 1.89. The zero-order valence-corrected chi connectivity index (χ0v) is 8.43. The molecule has 1 amide bonds. The first-order chi connectivity index (χ1) is 6.25. The Balaban J connectivity index is 2.63. The zero-order chi connectivity index (χ0) is 9.68. The number of nitrogens with two attached hydrogens (primary N) is 1. The maximum atomic E-state index is 11.1. The lowest BCUT2D eigenvalue weighted by Gasteiger charge is -2.12. The Bertz CT molecular complexity index is 259. The Morgan fingerprint density at radius 1 is 1.77 bits per heavy atom. The van der Waals surface area contributed by atoms with E-state index in [9.17, 15) is 4.79 Å². The molecule has 1 rings (SSSR count). The molecule has 0 aliphatic rings. The zero-order valence-electron chi connectivity index (χ0n) is 7.62. The van der Waals surface area contributed by atoms with E-state index in [4.69, 9.17) is 5.73 Å². The van der Waals surface area contributed by atoms with Gasteiger partial charge in [-0.25, -0.2) is 0 Å². The fourth-order valence-electron chi connectivity index (χ4n) is 1.09. The molecule has 0 spiro atoms. The molecular weight excluding hydrogens is 184 g/mol. The Labute approximate surface area is 81.9 Å². The Morgan fingerprint density at radius 2 is 2.54 bits per heavy atom. The third-order valence-electron chi connectivity index (χ3n) is 1.71. The summed E-state index contributed by atoms with van der Waals surface area (Å²) in [6.07, 6.45) is 0.995. The van der Waals surface area contributed by atoms with E-state index in [1.54, 1.807) is 11.3 Å².